The minimum atomic E-state index is -4.96. The number of benzene rings is 3. The average molecular weight is 372 g/mol. The number of nitrogens with one attached hydrogen (secondary N) is 2. The number of hydrogen-bond acceptors (Lipinski definition) is 2. The molecule has 2 N–H and O–H groups in total. The number of fused-ring (bicyclic) bond motifs is 1. The Morgan fingerprint density at radius 3 is 2.37 bits per heavy atom. The van der Waals surface area contributed by atoms with Crippen LogP contribution in [-0.2, 0) is 11.3 Å². The summed E-state index contributed by atoms with van der Waals surface area (Å²) in [4.78, 5) is 23.5. The van der Waals surface area contributed by atoms with Crippen LogP contribution < -0.4 is 10.6 Å². The van der Waals surface area contributed by atoms with E-state index in [1.54, 1.807) is 23.5 Å². The SMILES string of the molecule is O=C(NCc1cccc(NC(=O)C(F)(F)F)c1)c1cccc2ccccc12. The van der Waals surface area contributed by atoms with E-state index < -0.39 is 12.1 Å². The van der Waals surface area contributed by atoms with Crippen molar-refractivity contribution in [2.75, 3.05) is 5.32 Å². The van der Waals surface area contributed by atoms with E-state index in [0.29, 0.717) is 11.1 Å². The predicted octanol–water partition coefficient (Wildman–Crippen LogP) is 4.27. The number of amides is 2. The van der Waals surface area contributed by atoms with Gasteiger partial charge in [-0.05, 0) is 34.5 Å². The zero-order valence-corrected chi connectivity index (χ0v) is 14.0. The fraction of sp³-hybridized carbons (Fsp3) is 0.100. The summed E-state index contributed by atoms with van der Waals surface area (Å²) in [6.07, 6.45) is -4.96. The Labute approximate surface area is 153 Å². The number of halogens is 3. The lowest BCUT2D eigenvalue weighted by Crippen LogP contribution is -2.30. The Balaban J connectivity index is 1.70. The van der Waals surface area contributed by atoms with Crippen LogP contribution in [0.2, 0.25) is 0 Å². The van der Waals surface area contributed by atoms with Crippen molar-refractivity contribution in [3.8, 4) is 0 Å². The normalized spacial score (nSPS) is 11.2. The number of rotatable bonds is 4. The molecule has 0 unspecified atom stereocenters. The van der Waals surface area contributed by atoms with Crippen LogP contribution in [-0.4, -0.2) is 18.0 Å². The van der Waals surface area contributed by atoms with Crippen LogP contribution >= 0.6 is 0 Å². The van der Waals surface area contributed by atoms with E-state index in [4.69, 9.17) is 0 Å². The molecular weight excluding hydrogens is 357 g/mol. The lowest BCUT2D eigenvalue weighted by molar-refractivity contribution is -0.167. The molecule has 4 nitrogen and oxygen atoms in total. The molecule has 138 valence electrons. The van der Waals surface area contributed by atoms with Crippen molar-refractivity contribution < 1.29 is 22.8 Å². The maximum absolute atomic E-state index is 12.5. The van der Waals surface area contributed by atoms with Crippen LogP contribution in [0, 0.1) is 0 Å². The molecule has 7 heteroatoms. The topological polar surface area (TPSA) is 58.2 Å². The molecule has 27 heavy (non-hydrogen) atoms. The van der Waals surface area contributed by atoms with E-state index in [9.17, 15) is 22.8 Å². The highest BCUT2D eigenvalue weighted by Crippen LogP contribution is 2.20. The van der Waals surface area contributed by atoms with Crippen molar-refractivity contribution in [2.45, 2.75) is 12.7 Å². The standard InChI is InChI=1S/C20H15F3N2O2/c21-20(22,23)19(27)25-15-8-3-5-13(11-15)12-24-18(26)17-10-4-7-14-6-1-2-9-16(14)17/h1-11H,12H2,(H,24,26)(H,25,27). The highest BCUT2D eigenvalue weighted by Gasteiger charge is 2.38. The molecular formula is C20H15F3N2O2. The van der Waals surface area contributed by atoms with Crippen LogP contribution in [0.3, 0.4) is 0 Å². The molecule has 0 atom stereocenters. The second-order valence-corrected chi connectivity index (χ2v) is 5.86. The quantitative estimate of drug-likeness (QED) is 0.719. The first-order chi connectivity index (χ1) is 12.8. The van der Waals surface area contributed by atoms with Gasteiger partial charge in [-0.1, -0.05) is 48.5 Å². The van der Waals surface area contributed by atoms with E-state index in [-0.39, 0.29) is 18.1 Å². The van der Waals surface area contributed by atoms with E-state index in [2.05, 4.69) is 5.32 Å². The summed E-state index contributed by atoms with van der Waals surface area (Å²) < 4.78 is 37.0. The summed E-state index contributed by atoms with van der Waals surface area (Å²) in [5.41, 5.74) is 1.08. The van der Waals surface area contributed by atoms with E-state index in [1.165, 1.54) is 18.2 Å². The third-order valence-corrected chi connectivity index (χ3v) is 3.93. The molecule has 0 aromatic heterocycles. The summed E-state index contributed by atoms with van der Waals surface area (Å²) in [6.45, 7) is 0.109. The Morgan fingerprint density at radius 2 is 1.59 bits per heavy atom. The monoisotopic (exact) mass is 372 g/mol. The molecule has 0 saturated carbocycles. The zero-order valence-electron chi connectivity index (χ0n) is 14.0. The van der Waals surface area contributed by atoms with Crippen molar-refractivity contribution in [3.63, 3.8) is 0 Å². The van der Waals surface area contributed by atoms with Crippen molar-refractivity contribution in [2.24, 2.45) is 0 Å². The Bertz CT molecular complexity index is 994. The van der Waals surface area contributed by atoms with Gasteiger partial charge >= 0.3 is 12.1 Å². The van der Waals surface area contributed by atoms with Crippen LogP contribution in [0.5, 0.6) is 0 Å². The Hall–Kier alpha value is -3.35. The lowest BCUT2D eigenvalue weighted by atomic mass is 10.0. The van der Waals surface area contributed by atoms with E-state index in [1.807, 2.05) is 30.3 Å². The highest BCUT2D eigenvalue weighted by atomic mass is 19.4. The molecule has 0 heterocycles. The minimum absolute atomic E-state index is 0.00855. The fourth-order valence-electron chi connectivity index (χ4n) is 2.66. The average Bonchev–Trinajstić information content (AvgIpc) is 2.65. The number of carbonyl (C=O) groups excluding carboxylic acids is 2. The van der Waals surface area contributed by atoms with Gasteiger partial charge in [0, 0.05) is 17.8 Å². The highest BCUT2D eigenvalue weighted by molar-refractivity contribution is 6.07. The molecule has 0 aliphatic heterocycles. The largest absolute Gasteiger partial charge is 0.471 e. The number of anilines is 1. The van der Waals surface area contributed by atoms with Crippen molar-refractivity contribution in [3.05, 3.63) is 77.9 Å². The summed E-state index contributed by atoms with van der Waals surface area (Å²) in [7, 11) is 0. The third-order valence-electron chi connectivity index (χ3n) is 3.93. The number of hydrogen-bond donors (Lipinski definition) is 2. The van der Waals surface area contributed by atoms with Crippen LogP contribution in [0.1, 0.15) is 15.9 Å². The summed E-state index contributed by atoms with van der Waals surface area (Å²) in [5, 5.41) is 6.27. The fourth-order valence-corrected chi connectivity index (χ4v) is 2.66. The Kier molecular flexibility index (Phi) is 5.12. The molecule has 3 rings (SSSR count). The van der Waals surface area contributed by atoms with Gasteiger partial charge in [-0.15, -0.1) is 0 Å². The molecule has 0 aliphatic carbocycles. The number of alkyl halides is 3. The van der Waals surface area contributed by atoms with E-state index in [0.717, 1.165) is 10.8 Å². The molecule has 0 fully saturated rings. The summed E-state index contributed by atoms with van der Waals surface area (Å²) in [6, 6.07) is 18.7. The van der Waals surface area contributed by atoms with Gasteiger partial charge in [0.25, 0.3) is 5.91 Å². The maximum Gasteiger partial charge on any atom is 0.471 e. The molecule has 2 amide bonds. The van der Waals surface area contributed by atoms with Gasteiger partial charge in [0.2, 0.25) is 0 Å². The molecule has 0 spiro atoms. The number of carbonyl (C=O) groups is 2. The lowest BCUT2D eigenvalue weighted by Gasteiger charge is -2.11. The van der Waals surface area contributed by atoms with Crippen molar-refractivity contribution in [1.82, 2.24) is 5.32 Å². The maximum atomic E-state index is 12.5. The van der Waals surface area contributed by atoms with Crippen LogP contribution in [0.25, 0.3) is 10.8 Å². The molecule has 3 aromatic rings. The zero-order chi connectivity index (χ0) is 19.4. The van der Waals surface area contributed by atoms with Crippen molar-refractivity contribution >= 4 is 28.3 Å². The molecule has 0 saturated heterocycles. The molecule has 0 radical (unpaired) electrons. The first kappa shape index (κ1) is 18.4. The van der Waals surface area contributed by atoms with Crippen LogP contribution in [0.15, 0.2) is 66.7 Å². The second kappa shape index (κ2) is 7.49. The molecule has 3 aromatic carbocycles. The smallest absolute Gasteiger partial charge is 0.348 e. The predicted molar refractivity (Wildman–Crippen MR) is 96.2 cm³/mol. The van der Waals surface area contributed by atoms with Gasteiger partial charge in [-0.25, -0.2) is 0 Å². The molecule has 0 aliphatic rings. The minimum Gasteiger partial charge on any atom is -0.348 e. The van der Waals surface area contributed by atoms with Crippen molar-refractivity contribution in [1.29, 1.82) is 0 Å². The van der Waals surface area contributed by atoms with Gasteiger partial charge in [0.15, 0.2) is 0 Å². The third kappa shape index (κ3) is 4.44. The van der Waals surface area contributed by atoms with Gasteiger partial charge in [-0.2, -0.15) is 13.2 Å². The first-order valence-corrected chi connectivity index (χ1v) is 8.08. The first-order valence-electron chi connectivity index (χ1n) is 8.08. The summed E-state index contributed by atoms with van der Waals surface area (Å²) in [5.74, 6) is -2.34. The second-order valence-electron chi connectivity index (χ2n) is 5.86. The van der Waals surface area contributed by atoms with Gasteiger partial charge in [-0.3, -0.25) is 9.59 Å². The van der Waals surface area contributed by atoms with Crippen LogP contribution in [0.4, 0.5) is 18.9 Å². The van der Waals surface area contributed by atoms with Gasteiger partial charge < -0.3 is 10.6 Å². The van der Waals surface area contributed by atoms with Gasteiger partial charge in [0.1, 0.15) is 0 Å². The van der Waals surface area contributed by atoms with Gasteiger partial charge in [0.05, 0.1) is 0 Å². The van der Waals surface area contributed by atoms with E-state index >= 15 is 0 Å². The summed E-state index contributed by atoms with van der Waals surface area (Å²) >= 11 is 0. The Morgan fingerprint density at radius 1 is 0.889 bits per heavy atom. The molecule has 0 bridgehead atoms.